The lowest BCUT2D eigenvalue weighted by atomic mass is 10.1. The van der Waals surface area contributed by atoms with Crippen molar-refractivity contribution in [2.45, 2.75) is 17.5 Å². The largest absolute Gasteiger partial charge is 0.383 e. The fourth-order valence-corrected chi connectivity index (χ4v) is 4.08. The number of anilines is 1. The van der Waals surface area contributed by atoms with Gasteiger partial charge in [0.2, 0.25) is 0 Å². The molecule has 0 unspecified atom stereocenters. The van der Waals surface area contributed by atoms with Crippen LogP contribution in [0.3, 0.4) is 0 Å². The molecule has 1 aromatic carbocycles. The van der Waals surface area contributed by atoms with Gasteiger partial charge in [-0.3, -0.25) is 4.79 Å². The second-order valence-corrected chi connectivity index (χ2v) is 8.40. The van der Waals surface area contributed by atoms with Crippen LogP contribution in [-0.2, 0) is 21.8 Å². The van der Waals surface area contributed by atoms with Gasteiger partial charge in [0.25, 0.3) is 5.91 Å². The molecule has 2 heterocycles. The highest BCUT2D eigenvalue weighted by Gasteiger charge is 2.17. The molecule has 0 saturated carbocycles. The second kappa shape index (κ2) is 12.0. The van der Waals surface area contributed by atoms with Crippen LogP contribution in [0, 0.1) is 0 Å². The Kier molecular flexibility index (Phi) is 9.08. The van der Waals surface area contributed by atoms with E-state index in [1.807, 2.05) is 30.3 Å². The lowest BCUT2D eigenvalue weighted by molar-refractivity contribution is 0.0937. The summed E-state index contributed by atoms with van der Waals surface area (Å²) in [4.78, 5) is 26.4. The molecule has 1 aliphatic heterocycles. The maximum Gasteiger partial charge on any atom is 0.251 e. The van der Waals surface area contributed by atoms with Gasteiger partial charge in [0, 0.05) is 64.3 Å². The molecular weight excluding hydrogens is 414 g/mol. The van der Waals surface area contributed by atoms with Crippen LogP contribution in [-0.4, -0.2) is 81.4 Å². The van der Waals surface area contributed by atoms with E-state index in [0.29, 0.717) is 31.1 Å². The smallest absolute Gasteiger partial charge is 0.251 e. The molecule has 31 heavy (non-hydrogen) atoms. The third-order valence-electron chi connectivity index (χ3n) is 5.01. The molecule has 1 N–H and O–H groups in total. The Morgan fingerprint density at radius 1 is 1.13 bits per heavy atom. The number of thioether (sulfide) groups is 1. The summed E-state index contributed by atoms with van der Waals surface area (Å²) in [6.07, 6.45) is 0. The van der Waals surface area contributed by atoms with Gasteiger partial charge >= 0.3 is 0 Å². The number of carbonyl (C=O) groups is 1. The van der Waals surface area contributed by atoms with Crippen LogP contribution in [0.25, 0.3) is 0 Å². The van der Waals surface area contributed by atoms with E-state index in [-0.39, 0.29) is 5.91 Å². The standard InChI is InChI=1S/C22H31N5O3S/c1-26-8-10-27(11-9-26)20-14-19(15-30-3)24-22(25-20)31-16-17-5-4-6-18(13-17)21(28)23-7-12-29-2/h4-6,13-14H,7-12,15-16H2,1-3H3,(H,23,28). The fraction of sp³-hybridized carbons (Fsp3) is 0.500. The quantitative estimate of drug-likeness (QED) is 0.338. The van der Waals surface area contributed by atoms with Crippen molar-refractivity contribution in [3.63, 3.8) is 0 Å². The van der Waals surface area contributed by atoms with Gasteiger partial charge in [-0.2, -0.15) is 0 Å². The molecule has 0 spiro atoms. The Morgan fingerprint density at radius 3 is 2.68 bits per heavy atom. The van der Waals surface area contributed by atoms with E-state index < -0.39 is 0 Å². The molecule has 0 radical (unpaired) electrons. The highest BCUT2D eigenvalue weighted by atomic mass is 32.2. The number of amides is 1. The average Bonchev–Trinajstić information content (AvgIpc) is 2.78. The second-order valence-electron chi connectivity index (χ2n) is 7.46. The number of hydrogen-bond donors (Lipinski definition) is 1. The number of benzene rings is 1. The molecule has 1 fully saturated rings. The summed E-state index contributed by atoms with van der Waals surface area (Å²) in [5.41, 5.74) is 2.56. The molecule has 0 atom stereocenters. The minimum absolute atomic E-state index is 0.0976. The molecule has 0 bridgehead atoms. The number of methoxy groups -OCH3 is 2. The summed E-state index contributed by atoms with van der Waals surface area (Å²) in [5.74, 6) is 1.53. The predicted molar refractivity (Wildman–Crippen MR) is 123 cm³/mol. The summed E-state index contributed by atoms with van der Waals surface area (Å²) in [7, 11) is 5.43. The Balaban J connectivity index is 1.68. The van der Waals surface area contributed by atoms with Crippen LogP contribution in [0.1, 0.15) is 21.6 Å². The highest BCUT2D eigenvalue weighted by Crippen LogP contribution is 2.24. The minimum Gasteiger partial charge on any atom is -0.383 e. The molecular formula is C22H31N5O3S. The van der Waals surface area contributed by atoms with Crippen molar-refractivity contribution in [3.05, 3.63) is 47.2 Å². The van der Waals surface area contributed by atoms with Crippen LogP contribution in [0.5, 0.6) is 0 Å². The van der Waals surface area contributed by atoms with E-state index in [0.717, 1.165) is 48.4 Å². The van der Waals surface area contributed by atoms with Crippen molar-refractivity contribution in [2.24, 2.45) is 0 Å². The van der Waals surface area contributed by atoms with Crippen LogP contribution >= 0.6 is 11.8 Å². The third kappa shape index (κ3) is 7.17. The number of carbonyl (C=O) groups excluding carboxylic acids is 1. The number of nitrogens with zero attached hydrogens (tertiary/aromatic N) is 4. The monoisotopic (exact) mass is 445 g/mol. The Morgan fingerprint density at radius 2 is 1.94 bits per heavy atom. The van der Waals surface area contributed by atoms with Gasteiger partial charge < -0.3 is 24.6 Å². The summed E-state index contributed by atoms with van der Waals surface area (Å²) < 4.78 is 10.3. The van der Waals surface area contributed by atoms with Gasteiger partial charge in [-0.1, -0.05) is 23.9 Å². The van der Waals surface area contributed by atoms with Gasteiger partial charge in [0.05, 0.1) is 18.9 Å². The van der Waals surface area contributed by atoms with Crippen LogP contribution in [0.15, 0.2) is 35.5 Å². The molecule has 9 heteroatoms. The molecule has 0 aliphatic carbocycles. The Hall–Kier alpha value is -2.20. The first kappa shape index (κ1) is 23.5. The molecule has 1 amide bonds. The minimum atomic E-state index is -0.0976. The molecule has 1 aromatic heterocycles. The van der Waals surface area contributed by atoms with Crippen LogP contribution < -0.4 is 10.2 Å². The zero-order valence-electron chi connectivity index (χ0n) is 18.5. The fourth-order valence-electron chi connectivity index (χ4n) is 3.26. The number of aromatic nitrogens is 2. The van der Waals surface area contributed by atoms with Crippen molar-refractivity contribution in [1.29, 1.82) is 0 Å². The van der Waals surface area contributed by atoms with E-state index in [2.05, 4.69) is 27.1 Å². The van der Waals surface area contributed by atoms with Crippen molar-refractivity contribution < 1.29 is 14.3 Å². The first-order valence-corrected chi connectivity index (χ1v) is 11.4. The van der Waals surface area contributed by atoms with E-state index in [1.165, 1.54) is 0 Å². The highest BCUT2D eigenvalue weighted by molar-refractivity contribution is 7.98. The summed E-state index contributed by atoms with van der Waals surface area (Å²) in [5, 5.41) is 3.57. The molecule has 2 aromatic rings. The predicted octanol–water partition coefficient (Wildman–Crippen LogP) is 2.04. The zero-order chi connectivity index (χ0) is 22.1. The lowest BCUT2D eigenvalue weighted by Crippen LogP contribution is -2.44. The molecule has 168 valence electrons. The first-order valence-electron chi connectivity index (χ1n) is 10.4. The number of hydrogen-bond acceptors (Lipinski definition) is 8. The van der Waals surface area contributed by atoms with Gasteiger partial charge in [0.15, 0.2) is 5.16 Å². The van der Waals surface area contributed by atoms with Gasteiger partial charge in [0.1, 0.15) is 5.82 Å². The van der Waals surface area contributed by atoms with Crippen LogP contribution in [0.4, 0.5) is 5.82 Å². The maximum atomic E-state index is 12.3. The SMILES string of the molecule is COCCNC(=O)c1cccc(CSc2nc(COC)cc(N3CCN(C)CC3)n2)c1. The zero-order valence-corrected chi connectivity index (χ0v) is 19.3. The van der Waals surface area contributed by atoms with Crippen molar-refractivity contribution >= 4 is 23.5 Å². The van der Waals surface area contributed by atoms with Crippen molar-refractivity contribution in [1.82, 2.24) is 20.2 Å². The van der Waals surface area contributed by atoms with E-state index in [4.69, 9.17) is 14.5 Å². The third-order valence-corrected chi connectivity index (χ3v) is 5.93. The normalized spacial score (nSPS) is 14.6. The number of piperazine rings is 1. The van der Waals surface area contributed by atoms with Crippen LogP contribution in [0.2, 0.25) is 0 Å². The topological polar surface area (TPSA) is 79.8 Å². The Bertz CT molecular complexity index is 859. The van der Waals surface area contributed by atoms with Crippen molar-refractivity contribution in [2.75, 3.05) is 65.5 Å². The summed E-state index contributed by atoms with van der Waals surface area (Å²) in [6.45, 7) is 5.37. The first-order chi connectivity index (χ1) is 15.1. The van der Waals surface area contributed by atoms with E-state index in [1.54, 1.807) is 26.0 Å². The molecule has 8 nitrogen and oxygen atoms in total. The average molecular weight is 446 g/mol. The number of rotatable bonds is 10. The molecule has 1 saturated heterocycles. The Labute approximate surface area is 188 Å². The van der Waals surface area contributed by atoms with E-state index >= 15 is 0 Å². The van der Waals surface area contributed by atoms with Gasteiger partial charge in [-0.05, 0) is 24.7 Å². The number of nitrogens with one attached hydrogen (secondary N) is 1. The summed E-state index contributed by atoms with van der Waals surface area (Å²) >= 11 is 1.57. The molecule has 1 aliphatic rings. The number of likely N-dealkylation sites (N-methyl/N-ethyl adjacent to an activating group) is 1. The maximum absolute atomic E-state index is 12.3. The molecule has 3 rings (SSSR count). The van der Waals surface area contributed by atoms with Crippen molar-refractivity contribution in [3.8, 4) is 0 Å². The van der Waals surface area contributed by atoms with Gasteiger partial charge in [-0.15, -0.1) is 0 Å². The van der Waals surface area contributed by atoms with E-state index in [9.17, 15) is 4.79 Å². The lowest BCUT2D eigenvalue weighted by Gasteiger charge is -2.33. The number of ether oxygens (including phenoxy) is 2. The van der Waals surface area contributed by atoms with Gasteiger partial charge in [-0.25, -0.2) is 9.97 Å². The summed E-state index contributed by atoms with van der Waals surface area (Å²) in [6, 6.07) is 9.66.